The topological polar surface area (TPSA) is 66.6 Å². The van der Waals surface area contributed by atoms with Gasteiger partial charge in [-0.15, -0.1) is 0 Å². The molecule has 2 aliphatic rings. The molecule has 1 unspecified atom stereocenters. The largest absolute Gasteiger partial charge is 0.391 e. The van der Waals surface area contributed by atoms with Gasteiger partial charge in [-0.1, -0.05) is 23.7 Å². The van der Waals surface area contributed by atoms with Crippen LogP contribution in [-0.2, 0) is 11.2 Å². The molecule has 20 heavy (non-hydrogen) atoms. The van der Waals surface area contributed by atoms with E-state index < -0.39 is 6.10 Å². The van der Waals surface area contributed by atoms with Crippen LogP contribution in [0.15, 0.2) is 18.2 Å². The number of amides is 1. The zero-order valence-electron chi connectivity index (χ0n) is 11.3. The lowest BCUT2D eigenvalue weighted by molar-refractivity contribution is -0.119. The Bertz CT molecular complexity index is 535. The summed E-state index contributed by atoms with van der Waals surface area (Å²) in [6, 6.07) is 6.33. The van der Waals surface area contributed by atoms with Gasteiger partial charge in [-0.2, -0.15) is 0 Å². The van der Waals surface area contributed by atoms with Crippen molar-refractivity contribution in [1.82, 2.24) is 4.90 Å². The van der Waals surface area contributed by atoms with Crippen molar-refractivity contribution in [3.63, 3.8) is 0 Å². The van der Waals surface area contributed by atoms with Gasteiger partial charge in [0.25, 0.3) is 0 Å². The molecular weight excluding hydrogens is 276 g/mol. The first kappa shape index (κ1) is 13.9. The van der Waals surface area contributed by atoms with Crippen molar-refractivity contribution in [2.24, 2.45) is 11.7 Å². The van der Waals surface area contributed by atoms with E-state index in [2.05, 4.69) is 11.0 Å². The van der Waals surface area contributed by atoms with E-state index in [-0.39, 0.29) is 18.2 Å². The maximum absolute atomic E-state index is 11.0. The second kappa shape index (κ2) is 5.35. The lowest BCUT2D eigenvalue weighted by atomic mass is 10.0. The van der Waals surface area contributed by atoms with Crippen LogP contribution in [0.25, 0.3) is 0 Å². The first-order valence-corrected chi connectivity index (χ1v) is 7.41. The molecule has 3 rings (SSSR count). The Morgan fingerprint density at radius 3 is 3.00 bits per heavy atom. The fraction of sp³-hybridized carbons (Fsp3) is 0.533. The predicted octanol–water partition coefficient (Wildman–Crippen LogP) is 1.50. The molecule has 1 aromatic rings. The maximum Gasteiger partial charge on any atom is 0.217 e. The Kier molecular flexibility index (Phi) is 3.71. The number of hydrogen-bond acceptors (Lipinski definition) is 3. The summed E-state index contributed by atoms with van der Waals surface area (Å²) in [5.41, 5.74) is 7.74. The normalized spacial score (nSPS) is 29.6. The molecule has 108 valence electrons. The van der Waals surface area contributed by atoms with E-state index in [1.54, 1.807) is 0 Å². The Labute approximate surface area is 123 Å². The number of primary amides is 1. The SMILES string of the molecule is NC(=O)C[C@@H]1CN(C2CCc3c(Cl)cccc32)C[C@H]1O. The number of carbonyl (C=O) groups is 1. The highest BCUT2D eigenvalue weighted by Crippen LogP contribution is 2.41. The fourth-order valence-electron chi connectivity index (χ4n) is 3.57. The van der Waals surface area contributed by atoms with Crippen LogP contribution in [0.4, 0.5) is 0 Å². The lowest BCUT2D eigenvalue weighted by Gasteiger charge is -2.24. The Balaban J connectivity index is 1.77. The maximum atomic E-state index is 11.0. The van der Waals surface area contributed by atoms with Crippen molar-refractivity contribution in [1.29, 1.82) is 0 Å². The molecule has 0 radical (unpaired) electrons. The van der Waals surface area contributed by atoms with E-state index in [1.165, 1.54) is 11.1 Å². The molecule has 4 nitrogen and oxygen atoms in total. The van der Waals surface area contributed by atoms with Crippen LogP contribution in [0.2, 0.25) is 5.02 Å². The van der Waals surface area contributed by atoms with Gasteiger partial charge < -0.3 is 10.8 Å². The predicted molar refractivity (Wildman–Crippen MR) is 77.4 cm³/mol. The van der Waals surface area contributed by atoms with Crippen molar-refractivity contribution in [2.45, 2.75) is 31.4 Å². The first-order valence-electron chi connectivity index (χ1n) is 7.04. The summed E-state index contributed by atoms with van der Waals surface area (Å²) in [5.74, 6) is -0.387. The van der Waals surface area contributed by atoms with E-state index in [9.17, 15) is 9.90 Å². The number of fused-ring (bicyclic) bond motifs is 1. The van der Waals surface area contributed by atoms with Crippen molar-refractivity contribution < 1.29 is 9.90 Å². The summed E-state index contributed by atoms with van der Waals surface area (Å²) >= 11 is 6.24. The number of carbonyl (C=O) groups excluding carboxylic acids is 1. The number of benzene rings is 1. The molecule has 5 heteroatoms. The van der Waals surface area contributed by atoms with Gasteiger partial charge in [-0.3, -0.25) is 9.69 Å². The Morgan fingerprint density at radius 1 is 1.45 bits per heavy atom. The number of aliphatic hydroxyl groups excluding tert-OH is 1. The molecule has 1 aromatic carbocycles. The van der Waals surface area contributed by atoms with Gasteiger partial charge in [0.05, 0.1) is 6.10 Å². The molecule has 1 heterocycles. The van der Waals surface area contributed by atoms with Crippen molar-refractivity contribution in [2.75, 3.05) is 13.1 Å². The second-order valence-corrected chi connectivity index (χ2v) is 6.22. The highest BCUT2D eigenvalue weighted by Gasteiger charge is 2.38. The number of β-amino-alcohol motifs (C(OH)–C–C–N with tert-alkyl or cyclic N) is 1. The summed E-state index contributed by atoms with van der Waals surface area (Å²) in [5, 5.41) is 10.9. The minimum Gasteiger partial charge on any atom is -0.391 e. The zero-order chi connectivity index (χ0) is 14.3. The van der Waals surface area contributed by atoms with Gasteiger partial charge >= 0.3 is 0 Å². The molecule has 0 bridgehead atoms. The van der Waals surface area contributed by atoms with Crippen LogP contribution >= 0.6 is 11.6 Å². The fourth-order valence-corrected chi connectivity index (χ4v) is 3.84. The van der Waals surface area contributed by atoms with E-state index in [0.717, 1.165) is 24.4 Å². The molecule has 3 atom stereocenters. The van der Waals surface area contributed by atoms with Gasteiger partial charge in [0.2, 0.25) is 5.91 Å². The number of likely N-dealkylation sites (tertiary alicyclic amines) is 1. The minimum atomic E-state index is -0.467. The molecule has 3 N–H and O–H groups in total. The Hall–Kier alpha value is -1.10. The number of halogens is 1. The van der Waals surface area contributed by atoms with Crippen LogP contribution in [0, 0.1) is 5.92 Å². The van der Waals surface area contributed by atoms with Gasteiger partial charge in [0, 0.05) is 36.5 Å². The van der Waals surface area contributed by atoms with E-state index >= 15 is 0 Å². The summed E-state index contributed by atoms with van der Waals surface area (Å²) in [4.78, 5) is 13.3. The number of nitrogens with zero attached hydrogens (tertiary/aromatic N) is 1. The molecule has 0 saturated carbocycles. The number of aliphatic hydroxyl groups is 1. The smallest absolute Gasteiger partial charge is 0.217 e. The first-order chi connectivity index (χ1) is 9.56. The van der Waals surface area contributed by atoms with Crippen molar-refractivity contribution in [3.8, 4) is 0 Å². The minimum absolute atomic E-state index is 0.0456. The lowest BCUT2D eigenvalue weighted by Crippen LogP contribution is -2.26. The van der Waals surface area contributed by atoms with E-state index in [1.807, 2.05) is 12.1 Å². The van der Waals surface area contributed by atoms with Crippen molar-refractivity contribution >= 4 is 17.5 Å². The molecule has 1 saturated heterocycles. The number of hydrogen-bond donors (Lipinski definition) is 2. The summed E-state index contributed by atoms with van der Waals surface area (Å²) in [7, 11) is 0. The summed E-state index contributed by atoms with van der Waals surface area (Å²) < 4.78 is 0. The number of nitrogens with two attached hydrogens (primary N) is 1. The van der Waals surface area contributed by atoms with Gasteiger partial charge in [-0.25, -0.2) is 0 Å². The third-order valence-electron chi connectivity index (χ3n) is 4.52. The summed E-state index contributed by atoms with van der Waals surface area (Å²) in [6.07, 6.45) is 1.79. The third kappa shape index (κ3) is 2.43. The molecule has 0 spiro atoms. The quantitative estimate of drug-likeness (QED) is 0.888. The van der Waals surface area contributed by atoms with Crippen LogP contribution in [-0.4, -0.2) is 35.1 Å². The van der Waals surface area contributed by atoms with Crippen LogP contribution in [0.5, 0.6) is 0 Å². The molecule has 1 fully saturated rings. The van der Waals surface area contributed by atoms with Crippen LogP contribution in [0.1, 0.15) is 30.0 Å². The zero-order valence-corrected chi connectivity index (χ0v) is 12.0. The average Bonchev–Trinajstić information content (AvgIpc) is 2.94. The van der Waals surface area contributed by atoms with E-state index in [0.29, 0.717) is 12.6 Å². The van der Waals surface area contributed by atoms with Crippen LogP contribution < -0.4 is 5.73 Å². The van der Waals surface area contributed by atoms with Gasteiger partial charge in [0.1, 0.15) is 0 Å². The van der Waals surface area contributed by atoms with Gasteiger partial charge in [-0.05, 0) is 30.0 Å². The molecule has 0 aromatic heterocycles. The molecule has 1 amide bonds. The highest BCUT2D eigenvalue weighted by atomic mass is 35.5. The highest BCUT2D eigenvalue weighted by molar-refractivity contribution is 6.31. The average molecular weight is 295 g/mol. The molecular formula is C15H19ClN2O2. The second-order valence-electron chi connectivity index (χ2n) is 5.81. The Morgan fingerprint density at radius 2 is 2.25 bits per heavy atom. The standard InChI is InChI=1S/C15H19ClN2O2/c16-12-3-1-2-11-10(12)4-5-13(11)18-7-9(6-15(17)20)14(19)8-18/h1-3,9,13-14,19H,4-8H2,(H2,17,20)/t9-,13?,14-/m1/s1. The summed E-state index contributed by atoms with van der Waals surface area (Å²) in [6.45, 7) is 1.33. The monoisotopic (exact) mass is 294 g/mol. The van der Waals surface area contributed by atoms with E-state index in [4.69, 9.17) is 17.3 Å². The van der Waals surface area contributed by atoms with Gasteiger partial charge in [0.15, 0.2) is 0 Å². The van der Waals surface area contributed by atoms with Crippen molar-refractivity contribution in [3.05, 3.63) is 34.3 Å². The molecule has 1 aliphatic heterocycles. The third-order valence-corrected chi connectivity index (χ3v) is 4.87. The molecule has 1 aliphatic carbocycles. The van der Waals surface area contributed by atoms with Crippen LogP contribution in [0.3, 0.4) is 0 Å². The number of rotatable bonds is 3.